The van der Waals surface area contributed by atoms with E-state index in [-0.39, 0.29) is 11.8 Å². The molecule has 0 heterocycles. The van der Waals surface area contributed by atoms with Gasteiger partial charge in [-0.15, -0.1) is 0 Å². The summed E-state index contributed by atoms with van der Waals surface area (Å²) in [5.74, 6) is 2.47. The smallest absolute Gasteiger partial charge is 0.119 e. The van der Waals surface area contributed by atoms with Crippen molar-refractivity contribution in [2.45, 2.75) is 38.5 Å². The van der Waals surface area contributed by atoms with Crippen LogP contribution < -0.4 is 9.47 Å². The first-order chi connectivity index (χ1) is 16.3. The summed E-state index contributed by atoms with van der Waals surface area (Å²) < 4.78 is 12.1. The van der Waals surface area contributed by atoms with Gasteiger partial charge in [0.25, 0.3) is 0 Å². The molecule has 0 saturated heterocycles. The molecule has 0 bridgehead atoms. The molecule has 184 valence electrons. The lowest BCUT2D eigenvalue weighted by Gasteiger charge is -2.19. The largest absolute Gasteiger partial charge is 0.494 e. The number of benzene rings is 2. The molecule has 4 nitrogen and oxygen atoms in total. The van der Waals surface area contributed by atoms with E-state index in [0.29, 0.717) is 0 Å². The van der Waals surface area contributed by atoms with E-state index in [0.717, 1.165) is 50.6 Å². The molecule has 0 saturated carbocycles. The molecule has 0 aromatic heterocycles. The molecule has 0 fully saturated rings. The van der Waals surface area contributed by atoms with E-state index in [1.54, 1.807) is 0 Å². The lowest BCUT2D eigenvalue weighted by atomic mass is 9.88. The first kappa shape index (κ1) is 26.1. The molecular formula is C30H42N2O2. The molecule has 2 aromatic rings. The van der Waals surface area contributed by atoms with Gasteiger partial charge in [0.2, 0.25) is 0 Å². The SMILES string of the molecule is CC1/C=C\c2ccc(OCCCN(C)C)cc2C(C)/C=C\c2ccc(OCCCN(C)C)cc21. The van der Waals surface area contributed by atoms with E-state index in [4.69, 9.17) is 9.47 Å². The third-order valence-corrected chi connectivity index (χ3v) is 6.26. The van der Waals surface area contributed by atoms with Crippen LogP contribution in [0.15, 0.2) is 48.6 Å². The summed E-state index contributed by atoms with van der Waals surface area (Å²) in [6.45, 7) is 8.06. The normalized spacial score (nSPS) is 19.4. The van der Waals surface area contributed by atoms with Gasteiger partial charge in [-0.3, -0.25) is 0 Å². The summed E-state index contributed by atoms with van der Waals surface area (Å²) in [5, 5.41) is 0. The van der Waals surface area contributed by atoms with Crippen LogP contribution in [0.4, 0.5) is 0 Å². The van der Waals surface area contributed by atoms with E-state index >= 15 is 0 Å². The van der Waals surface area contributed by atoms with Crippen LogP contribution >= 0.6 is 0 Å². The lowest BCUT2D eigenvalue weighted by molar-refractivity contribution is 0.281. The standard InChI is InChI=1S/C30H42N2O2/c1-23-9-11-26-14-16-28(34-20-8-18-32(5)6)22-30(26)24(2)10-12-25-13-15-27(21-29(23)25)33-19-7-17-31(3)4/h9-16,21-24H,7-8,17-20H2,1-6H3/b11-9-,12-10-. The molecule has 2 unspecified atom stereocenters. The minimum absolute atomic E-state index is 0.285. The fourth-order valence-corrected chi connectivity index (χ4v) is 4.22. The van der Waals surface area contributed by atoms with Crippen LogP contribution in [0.5, 0.6) is 11.5 Å². The van der Waals surface area contributed by atoms with Gasteiger partial charge in [-0.2, -0.15) is 0 Å². The van der Waals surface area contributed by atoms with Crippen LogP contribution in [0, 0.1) is 0 Å². The zero-order chi connectivity index (χ0) is 24.5. The quantitative estimate of drug-likeness (QED) is 0.387. The molecule has 2 aromatic carbocycles. The molecule has 0 aliphatic heterocycles. The predicted octanol–water partition coefficient (Wildman–Crippen LogP) is 6.29. The van der Waals surface area contributed by atoms with Crippen molar-refractivity contribution in [3.05, 3.63) is 70.8 Å². The Morgan fingerprint density at radius 2 is 1.06 bits per heavy atom. The molecule has 0 radical (unpaired) electrons. The second-order valence-corrected chi connectivity index (χ2v) is 9.89. The van der Waals surface area contributed by atoms with Gasteiger partial charge in [0.05, 0.1) is 13.2 Å². The first-order valence-corrected chi connectivity index (χ1v) is 12.5. The Labute approximate surface area is 206 Å². The third kappa shape index (κ3) is 7.75. The van der Waals surface area contributed by atoms with Crippen molar-refractivity contribution in [2.24, 2.45) is 0 Å². The number of rotatable bonds is 10. The molecule has 2 atom stereocenters. The number of hydrogen-bond acceptors (Lipinski definition) is 4. The number of nitrogens with zero attached hydrogens (tertiary/aromatic N) is 2. The summed E-state index contributed by atoms with van der Waals surface area (Å²) in [7, 11) is 8.38. The molecule has 0 N–H and O–H groups in total. The molecule has 0 spiro atoms. The van der Waals surface area contributed by atoms with Crippen molar-refractivity contribution in [1.82, 2.24) is 9.80 Å². The molecule has 0 amide bonds. The van der Waals surface area contributed by atoms with Gasteiger partial charge >= 0.3 is 0 Å². The maximum atomic E-state index is 6.05. The van der Waals surface area contributed by atoms with Gasteiger partial charge in [0, 0.05) is 24.9 Å². The minimum atomic E-state index is 0.285. The van der Waals surface area contributed by atoms with Crippen molar-refractivity contribution in [2.75, 3.05) is 54.5 Å². The summed E-state index contributed by atoms with van der Waals surface area (Å²) in [5.41, 5.74) is 5.11. The monoisotopic (exact) mass is 462 g/mol. The van der Waals surface area contributed by atoms with Crippen LogP contribution in [0.25, 0.3) is 12.2 Å². The second-order valence-electron chi connectivity index (χ2n) is 9.89. The maximum Gasteiger partial charge on any atom is 0.119 e. The Hall–Kier alpha value is -2.56. The second kappa shape index (κ2) is 12.8. The number of allylic oxidation sites excluding steroid dienone is 2. The Morgan fingerprint density at radius 3 is 1.44 bits per heavy atom. The zero-order valence-electron chi connectivity index (χ0n) is 21.9. The van der Waals surface area contributed by atoms with E-state index in [9.17, 15) is 0 Å². The molecule has 1 aliphatic rings. The highest BCUT2D eigenvalue weighted by atomic mass is 16.5. The fraction of sp³-hybridized carbons (Fsp3) is 0.467. The van der Waals surface area contributed by atoms with E-state index < -0.39 is 0 Å². The highest BCUT2D eigenvalue weighted by Crippen LogP contribution is 2.33. The van der Waals surface area contributed by atoms with Gasteiger partial charge in [-0.25, -0.2) is 0 Å². The maximum absolute atomic E-state index is 6.05. The summed E-state index contributed by atoms with van der Waals surface area (Å²) in [4.78, 5) is 4.38. The molecule has 4 heteroatoms. The number of ether oxygens (including phenoxy) is 2. The van der Waals surface area contributed by atoms with Crippen LogP contribution in [0.2, 0.25) is 0 Å². The van der Waals surface area contributed by atoms with Gasteiger partial charge in [-0.1, -0.05) is 50.3 Å². The molecule has 3 rings (SSSR count). The fourth-order valence-electron chi connectivity index (χ4n) is 4.22. The molecule has 1 aliphatic carbocycles. The Morgan fingerprint density at radius 1 is 0.647 bits per heavy atom. The highest BCUT2D eigenvalue weighted by Gasteiger charge is 2.14. The van der Waals surface area contributed by atoms with E-state index in [1.165, 1.54) is 22.3 Å². The number of hydrogen-bond donors (Lipinski definition) is 0. The zero-order valence-corrected chi connectivity index (χ0v) is 21.9. The third-order valence-electron chi connectivity index (χ3n) is 6.26. The van der Waals surface area contributed by atoms with Crippen molar-refractivity contribution in [1.29, 1.82) is 0 Å². The topological polar surface area (TPSA) is 24.9 Å². The van der Waals surface area contributed by atoms with E-state index in [2.05, 4.69) is 113 Å². The van der Waals surface area contributed by atoms with Gasteiger partial charge in [0.15, 0.2) is 0 Å². The summed E-state index contributed by atoms with van der Waals surface area (Å²) >= 11 is 0. The lowest BCUT2D eigenvalue weighted by Crippen LogP contribution is -2.15. The highest BCUT2D eigenvalue weighted by molar-refractivity contribution is 5.64. The summed E-state index contributed by atoms with van der Waals surface area (Å²) in [6.07, 6.45) is 11.2. The van der Waals surface area contributed by atoms with Crippen LogP contribution in [0.1, 0.15) is 60.8 Å². The van der Waals surface area contributed by atoms with Crippen molar-refractivity contribution >= 4 is 12.2 Å². The predicted molar refractivity (Wildman–Crippen MR) is 145 cm³/mol. The first-order valence-electron chi connectivity index (χ1n) is 12.5. The average Bonchev–Trinajstić information content (AvgIpc) is 2.81. The van der Waals surface area contributed by atoms with Gasteiger partial charge in [-0.05, 0) is 87.6 Å². The van der Waals surface area contributed by atoms with Gasteiger partial charge in [0.1, 0.15) is 11.5 Å². The minimum Gasteiger partial charge on any atom is -0.494 e. The Bertz CT molecular complexity index is 898. The van der Waals surface area contributed by atoms with Crippen molar-refractivity contribution in [3.8, 4) is 11.5 Å². The molecular weight excluding hydrogens is 420 g/mol. The Kier molecular flexibility index (Phi) is 9.79. The van der Waals surface area contributed by atoms with Crippen molar-refractivity contribution < 1.29 is 9.47 Å². The van der Waals surface area contributed by atoms with Crippen molar-refractivity contribution in [3.63, 3.8) is 0 Å². The average molecular weight is 463 g/mol. The Balaban J connectivity index is 1.76. The van der Waals surface area contributed by atoms with Gasteiger partial charge < -0.3 is 19.3 Å². The molecule has 34 heavy (non-hydrogen) atoms. The van der Waals surface area contributed by atoms with Crippen LogP contribution in [0.3, 0.4) is 0 Å². The number of fused-ring (bicyclic) bond motifs is 2. The van der Waals surface area contributed by atoms with Crippen LogP contribution in [-0.4, -0.2) is 64.3 Å². The van der Waals surface area contributed by atoms with Crippen LogP contribution in [-0.2, 0) is 0 Å². The van der Waals surface area contributed by atoms with E-state index in [1.807, 2.05) is 0 Å². The summed E-state index contributed by atoms with van der Waals surface area (Å²) in [6, 6.07) is 13.0.